The Labute approximate surface area is 92.3 Å². The Morgan fingerprint density at radius 3 is 3.33 bits per heavy atom. The lowest BCUT2D eigenvalue weighted by Gasteiger charge is -2.23. The molecule has 3 nitrogen and oxygen atoms in total. The number of ether oxygens (including phenoxy) is 1. The van der Waals surface area contributed by atoms with E-state index in [1.807, 2.05) is 35.5 Å². The Balaban J connectivity index is 2.07. The van der Waals surface area contributed by atoms with Gasteiger partial charge in [-0.3, -0.25) is 0 Å². The molecule has 1 unspecified atom stereocenters. The predicted octanol–water partition coefficient (Wildman–Crippen LogP) is 2.14. The first-order chi connectivity index (χ1) is 7.36. The van der Waals surface area contributed by atoms with Crippen LogP contribution in [0.15, 0.2) is 24.0 Å². The lowest BCUT2D eigenvalue weighted by Crippen LogP contribution is -2.17. The molecule has 0 amide bonds. The highest BCUT2D eigenvalue weighted by Crippen LogP contribution is 2.34. The first-order valence-corrected chi connectivity index (χ1v) is 5.88. The third-order valence-corrected chi connectivity index (χ3v) is 3.80. The number of hydrogen-bond acceptors (Lipinski definition) is 3. The maximum Gasteiger partial charge on any atom is 0.125 e. The van der Waals surface area contributed by atoms with Crippen molar-refractivity contribution in [3.05, 3.63) is 40.1 Å². The molecule has 0 aromatic carbocycles. The molecule has 0 saturated heterocycles. The van der Waals surface area contributed by atoms with Crippen LogP contribution in [-0.2, 0) is 18.2 Å². The summed E-state index contributed by atoms with van der Waals surface area (Å²) < 4.78 is 7.86. The second-order valence-corrected chi connectivity index (χ2v) is 4.73. The molecule has 2 aromatic rings. The van der Waals surface area contributed by atoms with Crippen molar-refractivity contribution in [1.29, 1.82) is 0 Å². The molecule has 0 radical (unpaired) electrons. The van der Waals surface area contributed by atoms with Crippen molar-refractivity contribution >= 4 is 11.3 Å². The lowest BCUT2D eigenvalue weighted by molar-refractivity contribution is 0.0666. The minimum atomic E-state index is 0.0764. The van der Waals surface area contributed by atoms with Crippen molar-refractivity contribution in [1.82, 2.24) is 9.55 Å². The van der Waals surface area contributed by atoms with Crippen LogP contribution in [0.2, 0.25) is 0 Å². The Morgan fingerprint density at radius 1 is 1.60 bits per heavy atom. The molecule has 0 bridgehead atoms. The Bertz CT molecular complexity index is 474. The summed E-state index contributed by atoms with van der Waals surface area (Å²) in [5, 5.41) is 2.14. The molecule has 0 fully saturated rings. The molecule has 2 aromatic heterocycles. The van der Waals surface area contributed by atoms with E-state index in [4.69, 9.17) is 4.74 Å². The molecule has 78 valence electrons. The van der Waals surface area contributed by atoms with E-state index in [1.165, 1.54) is 10.4 Å². The fourth-order valence-corrected chi connectivity index (χ4v) is 2.90. The highest BCUT2D eigenvalue weighted by atomic mass is 32.1. The van der Waals surface area contributed by atoms with Crippen LogP contribution >= 0.6 is 11.3 Å². The third kappa shape index (κ3) is 1.41. The molecule has 0 spiro atoms. The second-order valence-electron chi connectivity index (χ2n) is 3.73. The molecule has 1 atom stereocenters. The molecule has 4 heteroatoms. The van der Waals surface area contributed by atoms with Gasteiger partial charge in [-0.25, -0.2) is 4.98 Å². The van der Waals surface area contributed by atoms with E-state index in [0.717, 1.165) is 18.7 Å². The largest absolute Gasteiger partial charge is 0.367 e. The third-order valence-electron chi connectivity index (χ3n) is 2.80. The lowest BCUT2D eigenvalue weighted by atomic mass is 10.0. The Hall–Kier alpha value is -1.13. The molecule has 15 heavy (non-hydrogen) atoms. The highest BCUT2D eigenvalue weighted by molar-refractivity contribution is 7.10. The van der Waals surface area contributed by atoms with Gasteiger partial charge in [-0.2, -0.15) is 0 Å². The zero-order chi connectivity index (χ0) is 10.3. The number of aromatic nitrogens is 2. The molecule has 1 aliphatic heterocycles. The first-order valence-electron chi connectivity index (χ1n) is 5.00. The summed E-state index contributed by atoms with van der Waals surface area (Å²) in [4.78, 5) is 5.59. The standard InChI is InChI=1S/C11H12N2OS/c1-13-7-12-6-9(13)11-8-3-5-15-10(8)2-4-14-11/h3,5-7,11H,2,4H2,1H3. The van der Waals surface area contributed by atoms with E-state index in [-0.39, 0.29) is 6.10 Å². The van der Waals surface area contributed by atoms with E-state index in [9.17, 15) is 0 Å². The quantitative estimate of drug-likeness (QED) is 0.736. The van der Waals surface area contributed by atoms with Gasteiger partial charge in [-0.1, -0.05) is 0 Å². The first kappa shape index (κ1) is 9.12. The summed E-state index contributed by atoms with van der Waals surface area (Å²) in [5.74, 6) is 0. The van der Waals surface area contributed by atoms with Gasteiger partial charge in [-0.05, 0) is 11.4 Å². The van der Waals surface area contributed by atoms with Crippen molar-refractivity contribution < 1.29 is 4.74 Å². The van der Waals surface area contributed by atoms with E-state index in [2.05, 4.69) is 16.4 Å². The summed E-state index contributed by atoms with van der Waals surface area (Å²) in [6.45, 7) is 0.809. The van der Waals surface area contributed by atoms with Gasteiger partial charge in [0, 0.05) is 23.9 Å². The van der Waals surface area contributed by atoms with Gasteiger partial charge in [-0.15, -0.1) is 11.3 Å². The van der Waals surface area contributed by atoms with Crippen molar-refractivity contribution in [2.75, 3.05) is 6.61 Å². The summed E-state index contributed by atoms with van der Waals surface area (Å²) in [6.07, 6.45) is 4.82. The number of hydrogen-bond donors (Lipinski definition) is 0. The van der Waals surface area contributed by atoms with E-state index >= 15 is 0 Å². The summed E-state index contributed by atoms with van der Waals surface area (Å²) in [5.41, 5.74) is 2.45. The number of thiophene rings is 1. The molecule has 3 heterocycles. The molecule has 0 saturated carbocycles. The van der Waals surface area contributed by atoms with Crippen LogP contribution in [0.4, 0.5) is 0 Å². The fourth-order valence-electron chi connectivity index (χ4n) is 2.01. The van der Waals surface area contributed by atoms with Crippen molar-refractivity contribution in [3.63, 3.8) is 0 Å². The van der Waals surface area contributed by atoms with Gasteiger partial charge in [0.05, 0.1) is 24.8 Å². The van der Waals surface area contributed by atoms with Crippen LogP contribution in [0.3, 0.4) is 0 Å². The second kappa shape index (κ2) is 3.47. The Morgan fingerprint density at radius 2 is 2.53 bits per heavy atom. The van der Waals surface area contributed by atoms with Crippen LogP contribution < -0.4 is 0 Å². The maximum atomic E-state index is 5.83. The predicted molar refractivity (Wildman–Crippen MR) is 59.0 cm³/mol. The van der Waals surface area contributed by atoms with E-state index < -0.39 is 0 Å². The number of aryl methyl sites for hydroxylation is 1. The van der Waals surface area contributed by atoms with Gasteiger partial charge in [0.1, 0.15) is 6.10 Å². The van der Waals surface area contributed by atoms with Crippen LogP contribution in [0.25, 0.3) is 0 Å². The van der Waals surface area contributed by atoms with Gasteiger partial charge < -0.3 is 9.30 Å². The number of nitrogens with zero attached hydrogens (tertiary/aromatic N) is 2. The van der Waals surface area contributed by atoms with Crippen molar-refractivity contribution in [2.45, 2.75) is 12.5 Å². The summed E-state index contributed by atoms with van der Waals surface area (Å²) in [7, 11) is 2.01. The molecule has 3 rings (SSSR count). The van der Waals surface area contributed by atoms with E-state index in [1.54, 1.807) is 0 Å². The zero-order valence-electron chi connectivity index (χ0n) is 8.51. The smallest absolute Gasteiger partial charge is 0.125 e. The molecule has 0 N–H and O–H groups in total. The minimum absolute atomic E-state index is 0.0764. The summed E-state index contributed by atoms with van der Waals surface area (Å²) >= 11 is 1.82. The number of imidazole rings is 1. The molecule has 0 aliphatic carbocycles. The van der Waals surface area contributed by atoms with E-state index in [0.29, 0.717) is 0 Å². The monoisotopic (exact) mass is 220 g/mol. The van der Waals surface area contributed by atoms with Gasteiger partial charge in [0.25, 0.3) is 0 Å². The molecular formula is C11H12N2OS. The van der Waals surface area contributed by atoms with Crippen LogP contribution in [0.5, 0.6) is 0 Å². The fraction of sp³-hybridized carbons (Fsp3) is 0.364. The van der Waals surface area contributed by atoms with Crippen molar-refractivity contribution in [2.24, 2.45) is 7.05 Å². The van der Waals surface area contributed by atoms with Gasteiger partial charge >= 0.3 is 0 Å². The average molecular weight is 220 g/mol. The average Bonchev–Trinajstić information content (AvgIpc) is 2.85. The van der Waals surface area contributed by atoms with Crippen LogP contribution in [0, 0.1) is 0 Å². The summed E-state index contributed by atoms with van der Waals surface area (Å²) in [6, 6.07) is 2.16. The molecular weight excluding hydrogens is 208 g/mol. The Kier molecular flexibility index (Phi) is 2.11. The maximum absolute atomic E-state index is 5.83. The SMILES string of the molecule is Cn1cncc1C1OCCc2sccc21. The zero-order valence-corrected chi connectivity index (χ0v) is 9.33. The topological polar surface area (TPSA) is 27.1 Å². The van der Waals surface area contributed by atoms with Gasteiger partial charge in [0.2, 0.25) is 0 Å². The normalized spacial score (nSPS) is 20.2. The van der Waals surface area contributed by atoms with Crippen LogP contribution in [-0.4, -0.2) is 16.2 Å². The highest BCUT2D eigenvalue weighted by Gasteiger charge is 2.25. The number of fused-ring (bicyclic) bond motifs is 1. The number of rotatable bonds is 1. The molecule has 1 aliphatic rings. The van der Waals surface area contributed by atoms with Gasteiger partial charge in [0.15, 0.2) is 0 Å². The van der Waals surface area contributed by atoms with Crippen molar-refractivity contribution in [3.8, 4) is 0 Å². The minimum Gasteiger partial charge on any atom is -0.367 e. The van der Waals surface area contributed by atoms with Crippen LogP contribution in [0.1, 0.15) is 22.2 Å².